The highest BCUT2D eigenvalue weighted by Crippen LogP contribution is 2.29. The number of carboxylic acids is 1. The van der Waals surface area contributed by atoms with Gasteiger partial charge in [0.1, 0.15) is 5.82 Å². The third-order valence-electron chi connectivity index (χ3n) is 6.13. The van der Waals surface area contributed by atoms with Crippen molar-refractivity contribution in [3.05, 3.63) is 47.3 Å². The Bertz CT molecular complexity index is 882. The molecule has 0 spiro atoms. The average molecular weight is 427 g/mol. The van der Waals surface area contributed by atoms with Gasteiger partial charge in [-0.15, -0.1) is 0 Å². The molecule has 31 heavy (non-hydrogen) atoms. The molecule has 0 aromatic carbocycles. The second kappa shape index (κ2) is 9.38. The Morgan fingerprint density at radius 3 is 2.97 bits per heavy atom. The number of carbonyl (C=O) groups is 2. The molecule has 166 valence electrons. The Morgan fingerprint density at radius 2 is 2.19 bits per heavy atom. The summed E-state index contributed by atoms with van der Waals surface area (Å²) in [6.45, 7) is 2.77. The lowest BCUT2D eigenvalue weighted by atomic mass is 9.99. The highest BCUT2D eigenvalue weighted by Gasteiger charge is 2.35. The van der Waals surface area contributed by atoms with Crippen LogP contribution < -0.4 is 16.4 Å². The number of anilines is 1. The number of carboxylic acid groups (broad SMARTS) is 1. The zero-order chi connectivity index (χ0) is 21.8. The van der Waals surface area contributed by atoms with Gasteiger partial charge in [-0.25, -0.2) is 9.78 Å². The molecule has 0 bridgehead atoms. The van der Waals surface area contributed by atoms with Crippen LogP contribution in [0, 0.1) is 0 Å². The number of fused-ring (bicyclic) bond motifs is 1. The van der Waals surface area contributed by atoms with Crippen LogP contribution in [0.3, 0.4) is 0 Å². The summed E-state index contributed by atoms with van der Waals surface area (Å²) in [5, 5.41) is 16.4. The van der Waals surface area contributed by atoms with E-state index in [-0.39, 0.29) is 18.6 Å². The van der Waals surface area contributed by atoms with Gasteiger partial charge in [0.25, 0.3) is 0 Å². The van der Waals surface area contributed by atoms with Gasteiger partial charge < -0.3 is 26.0 Å². The zero-order valence-electron chi connectivity index (χ0n) is 17.6. The first-order valence-corrected chi connectivity index (χ1v) is 10.9. The lowest BCUT2D eigenvalue weighted by molar-refractivity contribution is -0.138. The number of rotatable bonds is 8. The fraction of sp³-hybridized carbons (Fsp3) is 0.500. The summed E-state index contributed by atoms with van der Waals surface area (Å²) < 4.78 is 0. The number of piperidine rings is 1. The summed E-state index contributed by atoms with van der Waals surface area (Å²) >= 11 is 0. The monoisotopic (exact) mass is 426 g/mol. The molecule has 1 unspecified atom stereocenters. The quantitative estimate of drug-likeness (QED) is 0.500. The van der Waals surface area contributed by atoms with Crippen LogP contribution in [0.5, 0.6) is 0 Å². The molecule has 0 saturated carbocycles. The molecule has 1 aromatic rings. The molecule has 0 radical (unpaired) electrons. The number of urea groups is 1. The minimum absolute atomic E-state index is 0.121. The molecule has 3 aliphatic heterocycles. The summed E-state index contributed by atoms with van der Waals surface area (Å²) in [5.41, 5.74) is 8.92. The van der Waals surface area contributed by atoms with Crippen molar-refractivity contribution in [2.75, 3.05) is 31.9 Å². The predicted octanol–water partition coefficient (Wildman–Crippen LogP) is 1.82. The van der Waals surface area contributed by atoms with Crippen LogP contribution >= 0.6 is 0 Å². The topological polar surface area (TPSA) is 124 Å². The van der Waals surface area contributed by atoms with Gasteiger partial charge in [0.2, 0.25) is 0 Å². The molecule has 2 amide bonds. The first kappa shape index (κ1) is 21.2. The maximum Gasteiger partial charge on any atom is 0.320 e. The predicted molar refractivity (Wildman–Crippen MR) is 117 cm³/mol. The van der Waals surface area contributed by atoms with E-state index in [9.17, 15) is 14.7 Å². The zero-order valence-corrected chi connectivity index (χ0v) is 17.6. The highest BCUT2D eigenvalue weighted by molar-refractivity contribution is 5.78. The van der Waals surface area contributed by atoms with Crippen molar-refractivity contribution in [1.82, 2.24) is 25.4 Å². The van der Waals surface area contributed by atoms with E-state index < -0.39 is 12.0 Å². The van der Waals surface area contributed by atoms with Crippen molar-refractivity contribution in [2.24, 2.45) is 0 Å². The summed E-state index contributed by atoms with van der Waals surface area (Å²) in [7, 11) is 0. The third-order valence-corrected chi connectivity index (χ3v) is 6.13. The van der Waals surface area contributed by atoms with E-state index in [2.05, 4.69) is 27.8 Å². The Labute approximate surface area is 182 Å². The van der Waals surface area contributed by atoms with Crippen LogP contribution in [0.2, 0.25) is 0 Å². The van der Waals surface area contributed by atoms with Crippen molar-refractivity contribution in [3.8, 4) is 0 Å². The van der Waals surface area contributed by atoms with E-state index in [4.69, 9.17) is 5.73 Å². The van der Waals surface area contributed by atoms with Crippen molar-refractivity contribution >= 4 is 17.8 Å². The van der Waals surface area contributed by atoms with Crippen LogP contribution in [-0.2, 0) is 4.79 Å². The largest absolute Gasteiger partial charge is 0.481 e. The number of carbonyl (C=O) groups excluding carboxylic acids is 1. The number of nitrogens with two attached hydrogens (primary N) is 1. The molecule has 0 aliphatic carbocycles. The van der Waals surface area contributed by atoms with Crippen molar-refractivity contribution < 1.29 is 14.7 Å². The second-order valence-electron chi connectivity index (χ2n) is 8.27. The normalized spacial score (nSPS) is 21.8. The first-order valence-electron chi connectivity index (χ1n) is 10.9. The number of hydrogen-bond donors (Lipinski definition) is 4. The van der Waals surface area contributed by atoms with E-state index in [1.807, 2.05) is 4.90 Å². The van der Waals surface area contributed by atoms with Gasteiger partial charge in [-0.2, -0.15) is 0 Å². The SMILES string of the molecule is Nc1ccc([C@H](CC(=O)O)N2CCN(CCCC3=CC=C4CCCNC4N3)C2=O)cn1. The van der Waals surface area contributed by atoms with Crippen LogP contribution in [-0.4, -0.2) is 64.2 Å². The van der Waals surface area contributed by atoms with Gasteiger partial charge in [0.15, 0.2) is 0 Å². The minimum atomic E-state index is -0.952. The molecule has 4 heterocycles. The van der Waals surface area contributed by atoms with Crippen LogP contribution in [0.25, 0.3) is 0 Å². The number of hydrogen-bond acceptors (Lipinski definition) is 6. The van der Waals surface area contributed by atoms with Crippen molar-refractivity contribution in [3.63, 3.8) is 0 Å². The molecule has 2 atom stereocenters. The fourth-order valence-electron chi connectivity index (χ4n) is 4.48. The van der Waals surface area contributed by atoms with Crippen molar-refractivity contribution in [2.45, 2.75) is 44.3 Å². The summed E-state index contributed by atoms with van der Waals surface area (Å²) in [5.74, 6) is -0.588. The Hall–Kier alpha value is -3.07. The Balaban J connectivity index is 1.33. The molecular formula is C22H30N6O3. The first-order chi connectivity index (χ1) is 15.0. The third kappa shape index (κ3) is 4.99. The number of nitrogen functional groups attached to an aromatic ring is 1. The molecule has 2 saturated heterocycles. The molecule has 1 aromatic heterocycles. The smallest absolute Gasteiger partial charge is 0.320 e. The van der Waals surface area contributed by atoms with Gasteiger partial charge in [-0.05, 0) is 55.5 Å². The van der Waals surface area contributed by atoms with Crippen LogP contribution in [0.1, 0.15) is 43.7 Å². The minimum Gasteiger partial charge on any atom is -0.481 e. The van der Waals surface area contributed by atoms with E-state index in [0.29, 0.717) is 31.0 Å². The Kier molecular flexibility index (Phi) is 6.41. The summed E-state index contributed by atoms with van der Waals surface area (Å²) in [4.78, 5) is 31.9. The standard InChI is InChI=1S/C22H30N6O3/c23-19-8-6-16(14-25-19)18(13-20(29)30)28-12-11-27(22(28)31)10-2-4-17-7-5-15-3-1-9-24-21(15)26-17/h5-8,14,18,21,24,26H,1-4,9-13H2,(H2,23,25)(H,29,30)/t18-,21?/m0/s1. The number of aliphatic carboxylic acids is 1. The molecular weight excluding hydrogens is 396 g/mol. The van der Waals surface area contributed by atoms with Crippen LogP contribution in [0.15, 0.2) is 41.8 Å². The number of pyridine rings is 1. The Morgan fingerprint density at radius 1 is 1.32 bits per heavy atom. The molecule has 9 nitrogen and oxygen atoms in total. The van der Waals surface area contributed by atoms with Gasteiger partial charge in [0, 0.05) is 31.5 Å². The number of nitrogens with zero attached hydrogens (tertiary/aromatic N) is 3. The lowest BCUT2D eigenvalue weighted by Gasteiger charge is -2.32. The molecule has 5 N–H and O–H groups in total. The maximum atomic E-state index is 13.0. The molecule has 9 heteroatoms. The molecule has 2 fully saturated rings. The van der Waals surface area contributed by atoms with Crippen LogP contribution in [0.4, 0.5) is 10.6 Å². The van der Waals surface area contributed by atoms with Gasteiger partial charge >= 0.3 is 12.0 Å². The second-order valence-corrected chi connectivity index (χ2v) is 8.27. The lowest BCUT2D eigenvalue weighted by Crippen LogP contribution is -2.47. The number of aromatic nitrogens is 1. The summed E-state index contributed by atoms with van der Waals surface area (Å²) in [6.07, 6.45) is 10.0. The van der Waals surface area contributed by atoms with E-state index in [1.54, 1.807) is 23.2 Å². The fourth-order valence-corrected chi connectivity index (χ4v) is 4.48. The maximum absolute atomic E-state index is 13.0. The van der Waals surface area contributed by atoms with E-state index in [1.165, 1.54) is 17.7 Å². The number of allylic oxidation sites excluding steroid dienone is 3. The summed E-state index contributed by atoms with van der Waals surface area (Å²) in [6, 6.07) is 2.71. The highest BCUT2D eigenvalue weighted by atomic mass is 16.4. The van der Waals surface area contributed by atoms with Gasteiger partial charge in [-0.1, -0.05) is 12.1 Å². The van der Waals surface area contributed by atoms with Crippen molar-refractivity contribution in [1.29, 1.82) is 0 Å². The van der Waals surface area contributed by atoms with Gasteiger partial charge in [-0.3, -0.25) is 10.1 Å². The number of dihydropyridines is 1. The number of nitrogens with one attached hydrogen (secondary N) is 2. The van der Waals surface area contributed by atoms with E-state index in [0.717, 1.165) is 25.8 Å². The molecule has 3 aliphatic rings. The number of amides is 2. The molecule has 4 rings (SSSR count). The van der Waals surface area contributed by atoms with Gasteiger partial charge in [0.05, 0.1) is 18.6 Å². The average Bonchev–Trinajstić information content (AvgIpc) is 3.13. The van der Waals surface area contributed by atoms with E-state index >= 15 is 0 Å².